The summed E-state index contributed by atoms with van der Waals surface area (Å²) in [5.74, 6) is 0.397. The maximum atomic E-state index is 12.6. The van der Waals surface area contributed by atoms with Crippen molar-refractivity contribution in [2.24, 2.45) is 0 Å². The molecule has 6 heteroatoms. The molecule has 2 aromatic heterocycles. The summed E-state index contributed by atoms with van der Waals surface area (Å²) in [5, 5.41) is 0. The van der Waals surface area contributed by atoms with Crippen LogP contribution >= 0.6 is 0 Å². The fourth-order valence-corrected chi connectivity index (χ4v) is 1.82. The van der Waals surface area contributed by atoms with Gasteiger partial charge >= 0.3 is 6.18 Å². The van der Waals surface area contributed by atoms with Crippen LogP contribution in [0.1, 0.15) is 5.69 Å². The van der Waals surface area contributed by atoms with Crippen molar-refractivity contribution in [3.05, 3.63) is 48.3 Å². The molecule has 0 radical (unpaired) electrons. The molecular weight excluding hydrogens is 255 g/mol. The smallest absolute Gasteiger partial charge is 0.338 e. The molecule has 0 aliphatic carbocycles. The minimum absolute atomic E-state index is 0.360. The molecule has 19 heavy (non-hydrogen) atoms. The third-order valence-corrected chi connectivity index (χ3v) is 2.71. The average molecular weight is 263 g/mol. The number of aromatic amines is 1. The highest BCUT2D eigenvalue weighted by Gasteiger charge is 2.32. The van der Waals surface area contributed by atoms with Crippen LogP contribution in [-0.2, 0) is 6.18 Å². The van der Waals surface area contributed by atoms with E-state index in [1.54, 1.807) is 6.07 Å². The normalized spacial score (nSPS) is 11.9. The summed E-state index contributed by atoms with van der Waals surface area (Å²) in [6.45, 7) is 0. The summed E-state index contributed by atoms with van der Waals surface area (Å²) in [6, 6.07) is 9.74. The fraction of sp³-hybridized carbons (Fsp3) is 0.0769. The van der Waals surface area contributed by atoms with E-state index in [1.165, 1.54) is 6.07 Å². The molecule has 0 unspecified atom stereocenters. The molecule has 3 aromatic rings. The number of pyridine rings is 1. The number of nitrogens with zero attached hydrogens (tertiary/aromatic N) is 2. The first-order valence-corrected chi connectivity index (χ1v) is 5.52. The first kappa shape index (κ1) is 11.7. The summed E-state index contributed by atoms with van der Waals surface area (Å²) in [6.07, 6.45) is -3.33. The molecule has 0 aliphatic heterocycles. The van der Waals surface area contributed by atoms with E-state index in [4.69, 9.17) is 0 Å². The lowest BCUT2D eigenvalue weighted by atomic mass is 10.2. The molecule has 0 amide bonds. The van der Waals surface area contributed by atoms with Crippen LogP contribution in [0.4, 0.5) is 13.2 Å². The predicted molar refractivity (Wildman–Crippen MR) is 64.3 cm³/mol. The van der Waals surface area contributed by atoms with Gasteiger partial charge < -0.3 is 4.98 Å². The molecule has 96 valence electrons. The first-order valence-electron chi connectivity index (χ1n) is 5.52. The number of nitrogens with one attached hydrogen (secondary N) is 1. The number of hydrogen-bond donors (Lipinski definition) is 1. The number of para-hydroxylation sites is 2. The second-order valence-electron chi connectivity index (χ2n) is 4.03. The van der Waals surface area contributed by atoms with E-state index in [9.17, 15) is 13.2 Å². The fourth-order valence-electron chi connectivity index (χ4n) is 1.82. The Balaban J connectivity index is 2.11. The van der Waals surface area contributed by atoms with E-state index in [-0.39, 0.29) is 0 Å². The second kappa shape index (κ2) is 4.08. The van der Waals surface area contributed by atoms with E-state index in [0.29, 0.717) is 16.9 Å². The number of aromatic nitrogens is 3. The molecule has 0 spiro atoms. The molecule has 0 saturated carbocycles. The Labute approximate surface area is 106 Å². The monoisotopic (exact) mass is 263 g/mol. The molecule has 0 aliphatic rings. The zero-order valence-corrected chi connectivity index (χ0v) is 9.57. The summed E-state index contributed by atoms with van der Waals surface area (Å²) in [4.78, 5) is 10.6. The zero-order valence-electron chi connectivity index (χ0n) is 9.57. The molecule has 0 fully saturated rings. The van der Waals surface area contributed by atoms with Crippen molar-refractivity contribution in [2.45, 2.75) is 6.18 Å². The number of imidazole rings is 1. The van der Waals surface area contributed by atoms with E-state index in [0.717, 1.165) is 17.8 Å². The molecule has 0 saturated heterocycles. The van der Waals surface area contributed by atoms with Crippen molar-refractivity contribution in [1.82, 2.24) is 15.0 Å². The SMILES string of the molecule is FC(F)(F)c1cc(-c2nc3ccccc3[nH]2)ccn1. The van der Waals surface area contributed by atoms with Gasteiger partial charge in [-0.2, -0.15) is 13.2 Å². The number of halogens is 3. The van der Waals surface area contributed by atoms with Gasteiger partial charge in [-0.05, 0) is 24.3 Å². The van der Waals surface area contributed by atoms with E-state index in [2.05, 4.69) is 15.0 Å². The summed E-state index contributed by atoms with van der Waals surface area (Å²) < 4.78 is 37.8. The van der Waals surface area contributed by atoms with Crippen molar-refractivity contribution in [3.8, 4) is 11.4 Å². The van der Waals surface area contributed by atoms with E-state index >= 15 is 0 Å². The van der Waals surface area contributed by atoms with Gasteiger partial charge in [0.15, 0.2) is 0 Å². The third-order valence-electron chi connectivity index (χ3n) is 2.71. The van der Waals surface area contributed by atoms with Crippen LogP contribution in [0.5, 0.6) is 0 Å². The molecule has 0 atom stereocenters. The molecule has 0 bridgehead atoms. The highest BCUT2D eigenvalue weighted by atomic mass is 19.4. The topological polar surface area (TPSA) is 41.6 Å². The van der Waals surface area contributed by atoms with Crippen LogP contribution in [0.2, 0.25) is 0 Å². The number of rotatable bonds is 1. The van der Waals surface area contributed by atoms with Gasteiger partial charge in [-0.25, -0.2) is 4.98 Å². The van der Waals surface area contributed by atoms with Crippen LogP contribution in [0.15, 0.2) is 42.6 Å². The average Bonchev–Trinajstić information content (AvgIpc) is 2.81. The lowest BCUT2D eigenvalue weighted by Gasteiger charge is -2.05. The Morgan fingerprint density at radius 1 is 1.05 bits per heavy atom. The van der Waals surface area contributed by atoms with E-state index in [1.807, 2.05) is 18.2 Å². The number of benzene rings is 1. The summed E-state index contributed by atoms with van der Waals surface area (Å²) in [7, 11) is 0. The highest BCUT2D eigenvalue weighted by molar-refractivity contribution is 5.79. The Morgan fingerprint density at radius 3 is 2.58 bits per heavy atom. The number of alkyl halides is 3. The van der Waals surface area contributed by atoms with Gasteiger partial charge in [0.1, 0.15) is 11.5 Å². The van der Waals surface area contributed by atoms with Crippen molar-refractivity contribution >= 4 is 11.0 Å². The van der Waals surface area contributed by atoms with Crippen LogP contribution in [0.25, 0.3) is 22.4 Å². The van der Waals surface area contributed by atoms with Gasteiger partial charge in [0.2, 0.25) is 0 Å². The van der Waals surface area contributed by atoms with Gasteiger partial charge in [-0.15, -0.1) is 0 Å². The highest BCUT2D eigenvalue weighted by Crippen LogP contribution is 2.30. The molecule has 1 aromatic carbocycles. The molecule has 3 rings (SSSR count). The van der Waals surface area contributed by atoms with Gasteiger partial charge in [-0.3, -0.25) is 4.98 Å². The standard InChI is InChI=1S/C13H8F3N3/c14-13(15,16)11-7-8(5-6-17-11)12-18-9-3-1-2-4-10(9)19-12/h1-7H,(H,18,19). The van der Waals surface area contributed by atoms with Crippen LogP contribution in [0.3, 0.4) is 0 Å². The summed E-state index contributed by atoms with van der Waals surface area (Å²) in [5.41, 5.74) is 0.926. The molecule has 1 N–H and O–H groups in total. The molecule has 3 nitrogen and oxygen atoms in total. The Kier molecular flexibility index (Phi) is 2.51. The lowest BCUT2D eigenvalue weighted by Crippen LogP contribution is -2.07. The number of hydrogen-bond acceptors (Lipinski definition) is 2. The van der Waals surface area contributed by atoms with Gasteiger partial charge in [-0.1, -0.05) is 12.1 Å². The maximum Gasteiger partial charge on any atom is 0.433 e. The Bertz CT molecular complexity index is 698. The molecular formula is C13H8F3N3. The van der Waals surface area contributed by atoms with Gasteiger partial charge in [0.05, 0.1) is 11.0 Å². The first-order chi connectivity index (χ1) is 9.04. The van der Waals surface area contributed by atoms with Crippen molar-refractivity contribution < 1.29 is 13.2 Å². The number of H-pyrrole nitrogens is 1. The Morgan fingerprint density at radius 2 is 1.84 bits per heavy atom. The number of fused-ring (bicyclic) bond motifs is 1. The maximum absolute atomic E-state index is 12.6. The largest absolute Gasteiger partial charge is 0.433 e. The quantitative estimate of drug-likeness (QED) is 0.728. The van der Waals surface area contributed by atoms with Crippen LogP contribution in [0, 0.1) is 0 Å². The van der Waals surface area contributed by atoms with Crippen molar-refractivity contribution in [1.29, 1.82) is 0 Å². The zero-order chi connectivity index (χ0) is 13.5. The minimum atomic E-state index is -4.46. The van der Waals surface area contributed by atoms with Crippen LogP contribution < -0.4 is 0 Å². The second-order valence-corrected chi connectivity index (χ2v) is 4.03. The minimum Gasteiger partial charge on any atom is -0.338 e. The summed E-state index contributed by atoms with van der Waals surface area (Å²) >= 11 is 0. The van der Waals surface area contributed by atoms with Crippen molar-refractivity contribution in [3.63, 3.8) is 0 Å². The van der Waals surface area contributed by atoms with Crippen molar-refractivity contribution in [2.75, 3.05) is 0 Å². The molecule has 2 heterocycles. The third kappa shape index (κ3) is 2.16. The lowest BCUT2D eigenvalue weighted by molar-refractivity contribution is -0.141. The Hall–Kier alpha value is -2.37. The predicted octanol–water partition coefficient (Wildman–Crippen LogP) is 3.64. The van der Waals surface area contributed by atoms with E-state index < -0.39 is 11.9 Å². The van der Waals surface area contributed by atoms with Crippen LogP contribution in [-0.4, -0.2) is 15.0 Å². The van der Waals surface area contributed by atoms with Gasteiger partial charge in [0.25, 0.3) is 0 Å². The van der Waals surface area contributed by atoms with Gasteiger partial charge in [0, 0.05) is 11.8 Å².